The van der Waals surface area contributed by atoms with Crippen LogP contribution in [0.4, 0.5) is 0 Å². The zero-order valence-corrected chi connectivity index (χ0v) is 11.3. The molecule has 0 saturated carbocycles. The second-order valence-corrected chi connectivity index (χ2v) is 5.06. The molecule has 0 aromatic rings. The van der Waals surface area contributed by atoms with E-state index in [1.165, 1.54) is 19.3 Å². The van der Waals surface area contributed by atoms with E-state index in [9.17, 15) is 4.79 Å². The summed E-state index contributed by atoms with van der Waals surface area (Å²) in [7, 11) is 0. The van der Waals surface area contributed by atoms with E-state index in [1.807, 2.05) is 0 Å². The van der Waals surface area contributed by atoms with Gasteiger partial charge in [0, 0.05) is 25.9 Å². The van der Waals surface area contributed by atoms with E-state index in [-0.39, 0.29) is 6.10 Å². The number of rotatable bonds is 8. The summed E-state index contributed by atoms with van der Waals surface area (Å²) in [5.74, 6) is 0.959. The molecular weight excluding hydrogens is 214 g/mol. The molecule has 2 unspecified atom stereocenters. The van der Waals surface area contributed by atoms with Gasteiger partial charge in [-0.05, 0) is 5.92 Å². The van der Waals surface area contributed by atoms with Gasteiger partial charge in [-0.3, -0.25) is 4.79 Å². The molecule has 0 radical (unpaired) electrons. The van der Waals surface area contributed by atoms with Gasteiger partial charge in [-0.2, -0.15) is 0 Å². The molecule has 0 aromatic heterocycles. The fourth-order valence-electron chi connectivity index (χ4n) is 2.35. The van der Waals surface area contributed by atoms with E-state index in [2.05, 4.69) is 19.2 Å². The van der Waals surface area contributed by atoms with Gasteiger partial charge in [0.05, 0.1) is 12.7 Å². The van der Waals surface area contributed by atoms with Gasteiger partial charge in [-0.1, -0.05) is 39.5 Å². The molecular formula is C14H27NO2. The number of hydrogen-bond donors (Lipinski definition) is 1. The number of unbranched alkanes of at least 4 members (excludes halogenated alkanes) is 1. The lowest BCUT2D eigenvalue weighted by Gasteiger charge is -2.23. The van der Waals surface area contributed by atoms with Crippen LogP contribution in [0.2, 0.25) is 0 Å². The second kappa shape index (κ2) is 8.65. The molecule has 1 saturated heterocycles. The SMILES string of the molecule is CCCCC(CC)CC(=O)CC1CNCCO1. The quantitative estimate of drug-likeness (QED) is 0.709. The van der Waals surface area contributed by atoms with Gasteiger partial charge in [-0.15, -0.1) is 0 Å². The number of carbonyl (C=O) groups is 1. The van der Waals surface area contributed by atoms with Gasteiger partial charge in [0.15, 0.2) is 0 Å². The minimum Gasteiger partial charge on any atom is -0.375 e. The molecule has 1 fully saturated rings. The maximum Gasteiger partial charge on any atom is 0.135 e. The molecule has 0 aliphatic carbocycles. The molecule has 17 heavy (non-hydrogen) atoms. The van der Waals surface area contributed by atoms with Gasteiger partial charge >= 0.3 is 0 Å². The summed E-state index contributed by atoms with van der Waals surface area (Å²) in [5, 5.41) is 3.26. The third kappa shape index (κ3) is 6.18. The Kier molecular flexibility index (Phi) is 7.45. The van der Waals surface area contributed by atoms with E-state index >= 15 is 0 Å². The molecule has 1 aliphatic rings. The van der Waals surface area contributed by atoms with Gasteiger partial charge in [0.25, 0.3) is 0 Å². The summed E-state index contributed by atoms with van der Waals surface area (Å²) >= 11 is 0. The predicted octanol–water partition coefficient (Wildman–Crippen LogP) is 2.54. The Morgan fingerprint density at radius 3 is 2.88 bits per heavy atom. The molecule has 1 rings (SSSR count). The average molecular weight is 241 g/mol. The fourth-order valence-corrected chi connectivity index (χ4v) is 2.35. The summed E-state index contributed by atoms with van der Waals surface area (Å²) in [4.78, 5) is 11.9. The lowest BCUT2D eigenvalue weighted by Crippen LogP contribution is -2.39. The third-order valence-corrected chi connectivity index (χ3v) is 3.52. The van der Waals surface area contributed by atoms with Crippen LogP contribution < -0.4 is 5.32 Å². The molecule has 0 aromatic carbocycles. The Balaban J connectivity index is 2.21. The van der Waals surface area contributed by atoms with E-state index in [0.29, 0.717) is 18.1 Å². The zero-order chi connectivity index (χ0) is 12.5. The van der Waals surface area contributed by atoms with Crippen LogP contribution in [0, 0.1) is 5.92 Å². The smallest absolute Gasteiger partial charge is 0.135 e. The van der Waals surface area contributed by atoms with Crippen molar-refractivity contribution < 1.29 is 9.53 Å². The van der Waals surface area contributed by atoms with Crippen LogP contribution >= 0.6 is 0 Å². The van der Waals surface area contributed by atoms with Gasteiger partial charge in [-0.25, -0.2) is 0 Å². The van der Waals surface area contributed by atoms with E-state index in [1.54, 1.807) is 0 Å². The molecule has 0 spiro atoms. The van der Waals surface area contributed by atoms with Gasteiger partial charge in [0.2, 0.25) is 0 Å². The summed E-state index contributed by atoms with van der Waals surface area (Å²) in [5.41, 5.74) is 0. The van der Waals surface area contributed by atoms with E-state index < -0.39 is 0 Å². The molecule has 0 bridgehead atoms. The maximum absolute atomic E-state index is 11.9. The van der Waals surface area contributed by atoms with Crippen molar-refractivity contribution in [2.45, 2.75) is 58.5 Å². The summed E-state index contributed by atoms with van der Waals surface area (Å²) in [6, 6.07) is 0. The maximum atomic E-state index is 11.9. The summed E-state index contributed by atoms with van der Waals surface area (Å²) < 4.78 is 5.56. The van der Waals surface area contributed by atoms with Crippen LogP contribution in [0.25, 0.3) is 0 Å². The van der Waals surface area contributed by atoms with Crippen molar-refractivity contribution in [3.63, 3.8) is 0 Å². The Bertz CT molecular complexity index is 212. The number of nitrogens with one attached hydrogen (secondary N) is 1. The highest BCUT2D eigenvalue weighted by molar-refractivity contribution is 5.79. The van der Waals surface area contributed by atoms with Crippen LogP contribution in [0.1, 0.15) is 52.4 Å². The van der Waals surface area contributed by atoms with E-state index in [0.717, 1.165) is 32.5 Å². The zero-order valence-electron chi connectivity index (χ0n) is 11.3. The van der Waals surface area contributed by atoms with Crippen molar-refractivity contribution >= 4 is 5.78 Å². The Hall–Kier alpha value is -0.410. The third-order valence-electron chi connectivity index (χ3n) is 3.52. The first-order valence-corrected chi connectivity index (χ1v) is 7.10. The standard InChI is InChI=1S/C14H27NO2/c1-3-5-6-12(4-2)9-13(16)10-14-11-15-7-8-17-14/h12,14-15H,3-11H2,1-2H3. The van der Waals surface area contributed by atoms with Crippen molar-refractivity contribution in [3.8, 4) is 0 Å². The Labute approximate surface area is 105 Å². The molecule has 3 heteroatoms. The molecule has 100 valence electrons. The first-order chi connectivity index (χ1) is 8.26. The monoisotopic (exact) mass is 241 g/mol. The highest BCUT2D eigenvalue weighted by Gasteiger charge is 2.19. The highest BCUT2D eigenvalue weighted by atomic mass is 16.5. The molecule has 1 N–H and O–H groups in total. The first-order valence-electron chi connectivity index (χ1n) is 7.10. The number of morpholine rings is 1. The van der Waals surface area contributed by atoms with Crippen molar-refractivity contribution in [1.82, 2.24) is 5.32 Å². The number of hydrogen-bond acceptors (Lipinski definition) is 3. The summed E-state index contributed by atoms with van der Waals surface area (Å²) in [6.45, 7) is 6.88. The lowest BCUT2D eigenvalue weighted by atomic mass is 9.92. The number of Topliss-reactive ketones (excluding diaryl/α,β-unsaturated/α-hetero) is 1. The van der Waals surface area contributed by atoms with Crippen LogP contribution in [0.15, 0.2) is 0 Å². The Morgan fingerprint density at radius 1 is 1.47 bits per heavy atom. The van der Waals surface area contributed by atoms with Crippen LogP contribution in [-0.4, -0.2) is 31.6 Å². The van der Waals surface area contributed by atoms with Crippen molar-refractivity contribution in [1.29, 1.82) is 0 Å². The second-order valence-electron chi connectivity index (χ2n) is 5.06. The van der Waals surface area contributed by atoms with Gasteiger partial charge in [0.1, 0.15) is 5.78 Å². The van der Waals surface area contributed by atoms with Crippen LogP contribution in [-0.2, 0) is 9.53 Å². The largest absolute Gasteiger partial charge is 0.375 e. The molecule has 3 nitrogen and oxygen atoms in total. The van der Waals surface area contributed by atoms with Crippen molar-refractivity contribution in [3.05, 3.63) is 0 Å². The van der Waals surface area contributed by atoms with Gasteiger partial charge < -0.3 is 10.1 Å². The van der Waals surface area contributed by atoms with E-state index in [4.69, 9.17) is 4.74 Å². The molecule has 1 aliphatic heterocycles. The fraction of sp³-hybridized carbons (Fsp3) is 0.929. The van der Waals surface area contributed by atoms with Crippen molar-refractivity contribution in [2.75, 3.05) is 19.7 Å². The number of carbonyl (C=O) groups excluding carboxylic acids is 1. The number of ether oxygens (including phenoxy) is 1. The highest BCUT2D eigenvalue weighted by Crippen LogP contribution is 2.18. The first kappa shape index (κ1) is 14.7. The minimum atomic E-state index is 0.111. The van der Waals surface area contributed by atoms with Crippen LogP contribution in [0.5, 0.6) is 0 Å². The predicted molar refractivity (Wildman–Crippen MR) is 70.2 cm³/mol. The minimum absolute atomic E-state index is 0.111. The Morgan fingerprint density at radius 2 is 2.29 bits per heavy atom. The molecule has 1 heterocycles. The topological polar surface area (TPSA) is 38.3 Å². The number of ketones is 1. The molecule has 2 atom stereocenters. The lowest BCUT2D eigenvalue weighted by molar-refractivity contribution is -0.123. The van der Waals surface area contributed by atoms with Crippen molar-refractivity contribution in [2.24, 2.45) is 5.92 Å². The van der Waals surface area contributed by atoms with Crippen LogP contribution in [0.3, 0.4) is 0 Å². The summed E-state index contributed by atoms with van der Waals surface area (Å²) in [6.07, 6.45) is 6.23. The normalized spacial score (nSPS) is 22.4. The molecule has 0 amide bonds. The average Bonchev–Trinajstić information content (AvgIpc) is 2.35.